The minimum atomic E-state index is -0.428. The van der Waals surface area contributed by atoms with Gasteiger partial charge in [-0.25, -0.2) is 9.86 Å². The maximum absolute atomic E-state index is 11.6. The van der Waals surface area contributed by atoms with Crippen LogP contribution in [0.25, 0.3) is 0 Å². The lowest BCUT2D eigenvalue weighted by atomic mass is 10.1. The van der Waals surface area contributed by atoms with E-state index >= 15 is 0 Å². The molecule has 1 aromatic rings. The highest BCUT2D eigenvalue weighted by Gasteiger charge is 2.17. The number of aryl methyl sites for hydroxylation is 1. The lowest BCUT2D eigenvalue weighted by Crippen LogP contribution is -2.30. The van der Waals surface area contributed by atoms with Crippen LogP contribution in [0.1, 0.15) is 37.4 Å². The SMILES string of the molecule is CCCCCc1nsc(NC(=O)N(C)OC)c1C#N. The summed E-state index contributed by atoms with van der Waals surface area (Å²) in [5, 5.41) is 13.3. The fourth-order valence-electron chi connectivity index (χ4n) is 1.50. The fraction of sp³-hybridized carbons (Fsp3) is 0.583. The molecule has 0 aromatic carbocycles. The van der Waals surface area contributed by atoms with Crippen molar-refractivity contribution < 1.29 is 9.63 Å². The number of amides is 2. The third kappa shape index (κ3) is 4.19. The zero-order valence-electron chi connectivity index (χ0n) is 11.4. The number of hydrogen-bond acceptors (Lipinski definition) is 5. The van der Waals surface area contributed by atoms with Crippen molar-refractivity contribution in [2.45, 2.75) is 32.6 Å². The van der Waals surface area contributed by atoms with Gasteiger partial charge < -0.3 is 0 Å². The minimum absolute atomic E-state index is 0.428. The predicted octanol–water partition coefficient (Wildman–Crippen LogP) is 2.77. The number of carbonyl (C=O) groups excluding carboxylic acids is 1. The Hall–Kier alpha value is -1.65. The van der Waals surface area contributed by atoms with E-state index in [0.717, 1.165) is 48.0 Å². The highest BCUT2D eigenvalue weighted by atomic mass is 32.1. The largest absolute Gasteiger partial charge is 0.346 e. The van der Waals surface area contributed by atoms with Gasteiger partial charge in [0.05, 0.1) is 12.8 Å². The molecule has 0 atom stereocenters. The number of rotatable bonds is 6. The maximum Gasteiger partial charge on any atom is 0.346 e. The first-order chi connectivity index (χ1) is 9.13. The van der Waals surface area contributed by atoms with Gasteiger partial charge in [0.2, 0.25) is 0 Å². The average Bonchev–Trinajstić information content (AvgIpc) is 2.80. The van der Waals surface area contributed by atoms with Crippen LogP contribution >= 0.6 is 11.5 Å². The van der Waals surface area contributed by atoms with Crippen LogP contribution in [-0.4, -0.2) is 29.6 Å². The van der Waals surface area contributed by atoms with Crippen LogP contribution in [0.15, 0.2) is 0 Å². The lowest BCUT2D eigenvalue weighted by Gasteiger charge is -2.13. The predicted molar refractivity (Wildman–Crippen MR) is 73.8 cm³/mol. The molecule has 1 rings (SSSR count). The van der Waals surface area contributed by atoms with E-state index in [2.05, 4.69) is 22.7 Å². The Labute approximate surface area is 117 Å². The second kappa shape index (κ2) is 7.71. The quantitative estimate of drug-likeness (QED) is 0.643. The summed E-state index contributed by atoms with van der Waals surface area (Å²) in [5.74, 6) is 0. The van der Waals surface area contributed by atoms with Crippen LogP contribution in [0.2, 0.25) is 0 Å². The first kappa shape index (κ1) is 15.4. The second-order valence-electron chi connectivity index (χ2n) is 4.01. The monoisotopic (exact) mass is 282 g/mol. The number of hydroxylamine groups is 2. The van der Waals surface area contributed by atoms with Crippen LogP contribution in [0.3, 0.4) is 0 Å². The molecule has 0 bridgehead atoms. The van der Waals surface area contributed by atoms with Crippen LogP contribution in [0.5, 0.6) is 0 Å². The smallest absolute Gasteiger partial charge is 0.295 e. The van der Waals surface area contributed by atoms with E-state index in [-0.39, 0.29) is 0 Å². The molecule has 19 heavy (non-hydrogen) atoms. The summed E-state index contributed by atoms with van der Waals surface area (Å²) in [6.45, 7) is 2.12. The van der Waals surface area contributed by atoms with Gasteiger partial charge in [0.1, 0.15) is 16.6 Å². The molecule has 1 heterocycles. The van der Waals surface area contributed by atoms with Gasteiger partial charge in [0.15, 0.2) is 0 Å². The van der Waals surface area contributed by atoms with Crippen molar-refractivity contribution in [3.8, 4) is 6.07 Å². The zero-order chi connectivity index (χ0) is 14.3. The van der Waals surface area contributed by atoms with Crippen molar-refractivity contribution in [3.63, 3.8) is 0 Å². The first-order valence-corrected chi connectivity index (χ1v) is 6.88. The van der Waals surface area contributed by atoms with E-state index < -0.39 is 6.03 Å². The van der Waals surface area contributed by atoms with E-state index in [4.69, 9.17) is 4.84 Å². The Morgan fingerprint density at radius 1 is 1.58 bits per heavy atom. The van der Waals surface area contributed by atoms with Gasteiger partial charge in [-0.2, -0.15) is 9.64 Å². The summed E-state index contributed by atoms with van der Waals surface area (Å²) in [5.41, 5.74) is 1.22. The molecular weight excluding hydrogens is 264 g/mol. The van der Waals surface area contributed by atoms with Crippen LogP contribution < -0.4 is 5.32 Å². The molecule has 0 fully saturated rings. The maximum atomic E-state index is 11.6. The highest BCUT2D eigenvalue weighted by Crippen LogP contribution is 2.25. The Kier molecular flexibility index (Phi) is 6.25. The zero-order valence-corrected chi connectivity index (χ0v) is 12.2. The summed E-state index contributed by atoms with van der Waals surface area (Å²) < 4.78 is 4.24. The van der Waals surface area contributed by atoms with Crippen molar-refractivity contribution in [1.29, 1.82) is 5.26 Å². The Bertz CT molecular complexity index is 467. The molecule has 0 spiro atoms. The molecule has 0 aliphatic heterocycles. The van der Waals surface area contributed by atoms with Gasteiger partial charge in [-0.05, 0) is 24.4 Å². The summed E-state index contributed by atoms with van der Waals surface area (Å²) >= 11 is 1.13. The first-order valence-electron chi connectivity index (χ1n) is 6.11. The standard InChI is InChI=1S/C12H18N4O2S/c1-4-5-6-7-10-9(8-13)11(19-15-10)14-12(17)16(2)18-3/h4-7H2,1-3H3,(H,14,17). The topological polar surface area (TPSA) is 78.2 Å². The van der Waals surface area contributed by atoms with Crippen molar-refractivity contribution in [3.05, 3.63) is 11.3 Å². The fourth-order valence-corrected chi connectivity index (χ4v) is 2.27. The molecule has 7 heteroatoms. The van der Waals surface area contributed by atoms with E-state index in [0.29, 0.717) is 10.6 Å². The van der Waals surface area contributed by atoms with Crippen molar-refractivity contribution in [1.82, 2.24) is 9.44 Å². The minimum Gasteiger partial charge on any atom is -0.295 e. The number of carbonyl (C=O) groups is 1. The Balaban J connectivity index is 2.75. The molecule has 0 saturated carbocycles. The van der Waals surface area contributed by atoms with Crippen LogP contribution in [0, 0.1) is 11.3 Å². The molecule has 6 nitrogen and oxygen atoms in total. The summed E-state index contributed by atoms with van der Waals surface area (Å²) in [4.78, 5) is 16.4. The summed E-state index contributed by atoms with van der Waals surface area (Å²) in [6.07, 6.45) is 3.99. The van der Waals surface area contributed by atoms with Gasteiger partial charge in [0, 0.05) is 7.05 Å². The number of unbranched alkanes of at least 4 members (excludes halogenated alkanes) is 2. The van der Waals surface area contributed by atoms with E-state index in [1.54, 1.807) is 0 Å². The van der Waals surface area contributed by atoms with Gasteiger partial charge in [-0.3, -0.25) is 10.2 Å². The summed E-state index contributed by atoms with van der Waals surface area (Å²) in [7, 11) is 2.89. The van der Waals surface area contributed by atoms with Crippen LogP contribution in [-0.2, 0) is 11.3 Å². The second-order valence-corrected chi connectivity index (χ2v) is 4.79. The molecule has 104 valence electrons. The third-order valence-electron chi connectivity index (χ3n) is 2.67. The van der Waals surface area contributed by atoms with Gasteiger partial charge in [-0.15, -0.1) is 0 Å². The van der Waals surface area contributed by atoms with E-state index in [1.807, 2.05) is 0 Å². The number of aromatic nitrogens is 1. The molecule has 1 N–H and O–H groups in total. The molecule has 0 aliphatic carbocycles. The number of hydrogen-bond donors (Lipinski definition) is 1. The molecular formula is C12H18N4O2S. The number of nitrogens with one attached hydrogen (secondary N) is 1. The normalized spacial score (nSPS) is 10.0. The number of nitrogens with zero attached hydrogens (tertiary/aromatic N) is 3. The number of anilines is 1. The van der Waals surface area contributed by atoms with E-state index in [9.17, 15) is 10.1 Å². The molecule has 2 amide bonds. The lowest BCUT2D eigenvalue weighted by molar-refractivity contribution is -0.0597. The highest BCUT2D eigenvalue weighted by molar-refractivity contribution is 7.10. The molecule has 1 aromatic heterocycles. The average molecular weight is 282 g/mol. The van der Waals surface area contributed by atoms with Gasteiger partial charge >= 0.3 is 6.03 Å². The molecule has 0 radical (unpaired) electrons. The Morgan fingerprint density at radius 3 is 2.89 bits per heavy atom. The molecule has 0 aliphatic rings. The Morgan fingerprint density at radius 2 is 2.32 bits per heavy atom. The molecule has 0 saturated heterocycles. The van der Waals surface area contributed by atoms with Crippen molar-refractivity contribution >= 4 is 22.6 Å². The number of urea groups is 1. The third-order valence-corrected chi connectivity index (χ3v) is 3.47. The van der Waals surface area contributed by atoms with Crippen molar-refractivity contribution in [2.24, 2.45) is 0 Å². The van der Waals surface area contributed by atoms with Gasteiger partial charge in [0.25, 0.3) is 0 Å². The van der Waals surface area contributed by atoms with Crippen LogP contribution in [0.4, 0.5) is 9.80 Å². The van der Waals surface area contributed by atoms with Crippen molar-refractivity contribution in [2.75, 3.05) is 19.5 Å². The molecule has 0 unspecified atom stereocenters. The number of nitriles is 1. The summed E-state index contributed by atoms with van der Waals surface area (Å²) in [6, 6.07) is 1.68. The van der Waals surface area contributed by atoms with E-state index in [1.165, 1.54) is 14.2 Å². The van der Waals surface area contributed by atoms with Gasteiger partial charge in [-0.1, -0.05) is 19.8 Å².